The molecule has 0 fully saturated rings. The molecule has 0 aromatic carbocycles. The molecule has 0 atom stereocenters. The van der Waals surface area contributed by atoms with Crippen molar-refractivity contribution in [3.63, 3.8) is 0 Å². The summed E-state index contributed by atoms with van der Waals surface area (Å²) in [6.07, 6.45) is 61.1. The van der Waals surface area contributed by atoms with Gasteiger partial charge in [0.05, 0.1) is 76.5 Å². The van der Waals surface area contributed by atoms with Gasteiger partial charge in [-0.25, -0.2) is 23.4 Å². The molecule has 0 saturated carbocycles. The Hall–Kier alpha value is -6.88. The van der Waals surface area contributed by atoms with Gasteiger partial charge in [0.25, 0.3) is 0 Å². The molecule has 0 radical (unpaired) electrons. The number of hydrogen-bond donors (Lipinski definition) is 0. The first kappa shape index (κ1) is 124. The van der Waals surface area contributed by atoms with Gasteiger partial charge >= 0.3 is 0 Å². The Kier molecular flexibility index (Phi) is 72.0. The van der Waals surface area contributed by atoms with Crippen LogP contribution in [0.3, 0.4) is 0 Å². The molecular formula is C109H210N24. The molecule has 24 nitrogen and oxygen atoms in total. The molecule has 0 amide bonds. The van der Waals surface area contributed by atoms with Crippen LogP contribution in [0, 0.1) is 94.7 Å². The molecule has 8 heterocycles. The van der Waals surface area contributed by atoms with E-state index in [1.54, 1.807) is 0 Å². The van der Waals surface area contributed by atoms with Gasteiger partial charge in [0.1, 0.15) is 0 Å². The van der Waals surface area contributed by atoms with Gasteiger partial charge in [-0.2, -0.15) is 0 Å². The van der Waals surface area contributed by atoms with Gasteiger partial charge in [-0.3, -0.25) is 14.0 Å². The van der Waals surface area contributed by atoms with Crippen molar-refractivity contribution in [1.82, 2.24) is 120 Å². The molecule has 0 aliphatic heterocycles. The normalized spacial score (nSPS) is 11.6. The van der Waals surface area contributed by atoms with Gasteiger partial charge < -0.3 is 0 Å². The molecule has 0 saturated heterocycles. The van der Waals surface area contributed by atoms with Gasteiger partial charge in [0, 0.05) is 70.9 Å². The van der Waals surface area contributed by atoms with E-state index < -0.39 is 0 Å². The van der Waals surface area contributed by atoms with E-state index in [0.29, 0.717) is 11.8 Å². The van der Waals surface area contributed by atoms with Crippen LogP contribution in [0.4, 0.5) is 0 Å². The predicted octanol–water partition coefficient (Wildman–Crippen LogP) is 28.4. The highest BCUT2D eigenvalue weighted by atomic mass is 15.5. The van der Waals surface area contributed by atoms with Gasteiger partial charge in [-0.15, -0.1) is 40.8 Å². The monoisotopic (exact) mass is 1860 g/mol. The molecule has 8 aromatic rings. The van der Waals surface area contributed by atoms with E-state index in [0.717, 1.165) is 204 Å². The minimum absolute atomic E-state index is 0.659. The van der Waals surface area contributed by atoms with Gasteiger partial charge in [-0.1, -0.05) is 347 Å². The maximum absolute atomic E-state index is 4.20. The lowest BCUT2D eigenvalue weighted by atomic mass is 10.1. The zero-order chi connectivity index (χ0) is 99.3. The van der Waals surface area contributed by atoms with Crippen LogP contribution in [0.15, 0.2) is 49.6 Å². The van der Waals surface area contributed by atoms with Gasteiger partial charge in [-0.05, 0) is 249 Å². The van der Waals surface area contributed by atoms with E-state index in [2.05, 4.69) is 346 Å². The molecule has 0 aliphatic rings. The van der Waals surface area contributed by atoms with Crippen LogP contribution in [0.5, 0.6) is 0 Å². The summed E-state index contributed by atoms with van der Waals surface area (Å²) < 4.78 is 16.4. The summed E-state index contributed by atoms with van der Waals surface area (Å²) in [6.45, 7) is 80.5. The fraction of sp³-hybridized carbons (Fsp3) is 0.853. The Labute approximate surface area is 816 Å². The van der Waals surface area contributed by atoms with Crippen LogP contribution >= 0.6 is 0 Å². The number of unbranched alkanes of at least 4 members (excludes halogenated alkanes) is 6. The quantitative estimate of drug-likeness (QED) is 0.0322. The fourth-order valence-electron chi connectivity index (χ4n) is 14.9. The molecule has 0 bridgehead atoms. The van der Waals surface area contributed by atoms with Crippen molar-refractivity contribution in [2.45, 2.75) is 511 Å². The third kappa shape index (κ3) is 71.3. The lowest BCUT2D eigenvalue weighted by molar-refractivity contribution is 0.465. The number of aromatic nitrogens is 24. The highest BCUT2D eigenvalue weighted by Crippen LogP contribution is 2.20. The Bertz CT molecular complexity index is 3730. The van der Waals surface area contributed by atoms with Gasteiger partial charge in [0.2, 0.25) is 0 Å². The molecule has 0 spiro atoms. The molecule has 8 aromatic heterocycles. The van der Waals surface area contributed by atoms with E-state index >= 15 is 0 Å². The molecule has 0 N–H and O–H groups in total. The van der Waals surface area contributed by atoms with E-state index in [4.69, 9.17) is 0 Å². The summed E-state index contributed by atoms with van der Waals surface area (Å²) in [5, 5.41) is 66.1. The Morgan fingerprint density at radius 3 is 0.744 bits per heavy atom. The predicted molar refractivity (Wildman–Crippen MR) is 561 cm³/mol. The first-order valence-electron chi connectivity index (χ1n) is 54.2. The highest BCUT2D eigenvalue weighted by Gasteiger charge is 2.14. The minimum Gasteiger partial charge on any atom is -0.252 e. The van der Waals surface area contributed by atoms with Crippen molar-refractivity contribution >= 4 is 0 Å². The number of hydrogen-bond acceptors (Lipinski definition) is 16. The van der Waals surface area contributed by atoms with E-state index in [-0.39, 0.29) is 0 Å². The van der Waals surface area contributed by atoms with E-state index in [9.17, 15) is 0 Å². The average Bonchev–Trinajstić information content (AvgIpc) is 1.77. The molecule has 24 heteroatoms. The van der Waals surface area contributed by atoms with Crippen molar-refractivity contribution in [3.8, 4) is 0 Å². The second kappa shape index (κ2) is 77.1. The second-order valence-corrected chi connectivity index (χ2v) is 45.2. The zero-order valence-electron chi connectivity index (χ0n) is 92.4. The van der Waals surface area contributed by atoms with Crippen molar-refractivity contribution in [2.75, 3.05) is 0 Å². The third-order valence-electron chi connectivity index (χ3n) is 23.4. The van der Waals surface area contributed by atoms with Crippen molar-refractivity contribution in [3.05, 3.63) is 95.1 Å². The molecule has 0 unspecified atom stereocenters. The average molecular weight is 1860 g/mol. The minimum atomic E-state index is 0.659. The molecule has 133 heavy (non-hydrogen) atoms. The summed E-state index contributed by atoms with van der Waals surface area (Å²) in [5.41, 5.74) is 9.87. The van der Waals surface area contributed by atoms with Crippen LogP contribution in [-0.2, 0) is 104 Å². The Morgan fingerprint density at radius 2 is 0.406 bits per heavy atom. The maximum Gasteiger partial charge on any atom is 0.0829 e. The SMILES string of the molecule is CC(C)CCCCCn1cc(CC(C)C)nn1.CC(C)CCCCn1nncc1CC(C)C.CC(C)CCCCn1nncc1CCC(C)C.CC(C)CCCCn1nncc1CCC(C)C.CC(C)CCCCn1nncc1CCCC(C)C.CC(C)CCCc1cn(CCC(C)C)nn1.CC(C)CCCn1cc(CCC(C)C)nn1.CC(C)CCCn1nncc1CCC(C)C. The third-order valence-corrected chi connectivity index (χ3v) is 23.4. The summed E-state index contributed by atoms with van der Waals surface area (Å²) in [4.78, 5) is 0. The summed E-state index contributed by atoms with van der Waals surface area (Å²) in [7, 11) is 0. The Morgan fingerprint density at radius 1 is 0.173 bits per heavy atom. The number of rotatable bonds is 61. The number of nitrogens with zero attached hydrogens (tertiary/aromatic N) is 24. The van der Waals surface area contributed by atoms with E-state index in [1.165, 1.54) is 215 Å². The van der Waals surface area contributed by atoms with Crippen molar-refractivity contribution in [1.29, 1.82) is 0 Å². The number of aryl methyl sites for hydroxylation is 14. The van der Waals surface area contributed by atoms with Crippen LogP contribution in [0.1, 0.15) is 453 Å². The topological polar surface area (TPSA) is 246 Å². The first-order valence-corrected chi connectivity index (χ1v) is 54.2. The van der Waals surface area contributed by atoms with E-state index in [1.807, 2.05) is 45.0 Å². The van der Waals surface area contributed by atoms with Crippen LogP contribution in [-0.4, -0.2) is 120 Å². The summed E-state index contributed by atoms with van der Waals surface area (Å²) in [6, 6.07) is 0. The fourth-order valence-corrected chi connectivity index (χ4v) is 14.9. The standard InChI is InChI=1S/C15H29N3.3C14H27N3.4C13H25N3/c1-13(2)8-5-6-11-18-15(12-16-17-18)10-7-9-14(3)4;2*1-12(2)7-5-6-10-17-14(11-15-16-17)9-8-13(3)4;1-12(2)8-6-5-7-9-17-11-14(15-16-17)10-13(3)4;1-11(2)6-5-9-16-10-13(14-15-16)8-7-12(3)4;1-11(2)6-5-9-16-13(10-14-15-16)8-7-12(3)4;1-11(2)6-5-7-13-10-16(15-14-13)9-8-12(3)4;1-11(2)7-5-6-8-16-13(9-12(3)4)10-14-15-16/h12-14H,5-11H2,1-4H3;3*11-13H,5-10H2,1-4H3;4*10-12H,5-9H2,1-4H3. The Balaban J connectivity index is 0.000000760. The van der Waals surface area contributed by atoms with Gasteiger partial charge in [0.15, 0.2) is 0 Å². The lowest BCUT2D eigenvalue weighted by Crippen LogP contribution is -2.08. The maximum atomic E-state index is 4.20. The van der Waals surface area contributed by atoms with Crippen molar-refractivity contribution < 1.29 is 0 Å². The molecule has 766 valence electrons. The van der Waals surface area contributed by atoms with Crippen LogP contribution in [0.2, 0.25) is 0 Å². The summed E-state index contributed by atoms with van der Waals surface area (Å²) in [5.74, 6) is 12.3. The highest BCUT2D eigenvalue weighted by molar-refractivity contribution is 4.99. The zero-order valence-corrected chi connectivity index (χ0v) is 92.4. The molecular weight excluding hydrogens is 1650 g/mol. The molecule has 8 rings (SSSR count). The molecule has 0 aliphatic carbocycles. The van der Waals surface area contributed by atoms with Crippen LogP contribution < -0.4 is 0 Å². The first-order chi connectivity index (χ1) is 63.2. The van der Waals surface area contributed by atoms with Crippen LogP contribution in [0.25, 0.3) is 0 Å². The smallest absolute Gasteiger partial charge is 0.0829 e. The van der Waals surface area contributed by atoms with Crippen molar-refractivity contribution in [2.24, 2.45) is 94.7 Å². The second-order valence-electron chi connectivity index (χ2n) is 45.2. The lowest BCUT2D eigenvalue weighted by Gasteiger charge is -2.08. The summed E-state index contributed by atoms with van der Waals surface area (Å²) >= 11 is 0. The largest absolute Gasteiger partial charge is 0.252 e.